The minimum Gasteiger partial charge on any atom is -0.379 e. The van der Waals surface area contributed by atoms with Gasteiger partial charge >= 0.3 is 6.18 Å². The van der Waals surface area contributed by atoms with Crippen LogP contribution in [0.1, 0.15) is 12.5 Å². The summed E-state index contributed by atoms with van der Waals surface area (Å²) in [5.41, 5.74) is -4.49. The molecule has 0 saturated carbocycles. The van der Waals surface area contributed by atoms with Crippen molar-refractivity contribution in [3.8, 4) is 0 Å². The molecular formula is C19H17ClF3N3O5S. The lowest BCUT2D eigenvalue weighted by atomic mass is 10.1. The smallest absolute Gasteiger partial charge is 0.379 e. The predicted octanol–water partition coefficient (Wildman–Crippen LogP) is 4.27. The van der Waals surface area contributed by atoms with Gasteiger partial charge in [0.15, 0.2) is 0 Å². The van der Waals surface area contributed by atoms with E-state index in [1.165, 1.54) is 6.92 Å². The molecule has 2 aromatic carbocycles. The number of benzene rings is 2. The summed E-state index contributed by atoms with van der Waals surface area (Å²) in [6.45, 7) is 1.18. The number of nitrogens with zero attached hydrogens (tertiary/aromatic N) is 1. The van der Waals surface area contributed by atoms with E-state index in [4.69, 9.17) is 11.6 Å². The number of alkyl halides is 4. The zero-order chi connectivity index (χ0) is 24.1. The van der Waals surface area contributed by atoms with Crippen molar-refractivity contribution in [3.63, 3.8) is 0 Å². The van der Waals surface area contributed by atoms with Gasteiger partial charge in [0.05, 0.1) is 4.92 Å². The number of carbonyl (C=O) groups is 2. The number of halogens is 4. The molecule has 0 aromatic heterocycles. The lowest BCUT2D eigenvalue weighted by Crippen LogP contribution is -2.42. The van der Waals surface area contributed by atoms with Gasteiger partial charge in [-0.05, 0) is 43.3 Å². The summed E-state index contributed by atoms with van der Waals surface area (Å²) < 4.78 is 39.3. The molecule has 2 rings (SSSR count). The Balaban J connectivity index is 2.06. The Kier molecular flexibility index (Phi) is 8.10. The highest BCUT2D eigenvalue weighted by molar-refractivity contribution is 7.99. The second-order valence-electron chi connectivity index (χ2n) is 6.71. The molecule has 0 unspecified atom stereocenters. The Bertz CT molecular complexity index is 1020. The SMILES string of the molecule is C[C@@](O)(CSc1ccc(NC(=O)CCl)cc1)C(=O)Nc1ccc([N+](=O)[O-])c(C(F)(F)F)c1. The second-order valence-corrected chi connectivity index (χ2v) is 8.03. The minimum atomic E-state index is -5.00. The normalized spacial score (nSPS) is 13.2. The number of nitro benzene ring substituents is 1. The van der Waals surface area contributed by atoms with Crippen LogP contribution >= 0.6 is 23.4 Å². The van der Waals surface area contributed by atoms with E-state index in [9.17, 15) is 38.0 Å². The minimum absolute atomic E-state index is 0.147. The third-order valence-corrected chi connectivity index (χ3v) is 5.58. The van der Waals surface area contributed by atoms with E-state index in [0.717, 1.165) is 17.8 Å². The van der Waals surface area contributed by atoms with E-state index in [-0.39, 0.29) is 23.2 Å². The predicted molar refractivity (Wildman–Crippen MR) is 114 cm³/mol. The van der Waals surface area contributed by atoms with Crippen molar-refractivity contribution >= 4 is 52.2 Å². The van der Waals surface area contributed by atoms with Gasteiger partial charge in [-0.15, -0.1) is 23.4 Å². The maximum Gasteiger partial charge on any atom is 0.423 e. The topological polar surface area (TPSA) is 122 Å². The third-order valence-electron chi connectivity index (χ3n) is 4.03. The maximum atomic E-state index is 13.1. The van der Waals surface area contributed by atoms with Crippen LogP contribution in [0.15, 0.2) is 47.4 Å². The van der Waals surface area contributed by atoms with Crippen LogP contribution < -0.4 is 10.6 Å². The monoisotopic (exact) mass is 491 g/mol. The summed E-state index contributed by atoms with van der Waals surface area (Å²) in [5, 5.41) is 26.0. The molecule has 0 aliphatic carbocycles. The fourth-order valence-corrected chi connectivity index (χ4v) is 3.36. The molecule has 32 heavy (non-hydrogen) atoms. The number of amides is 2. The Morgan fingerprint density at radius 2 is 1.72 bits per heavy atom. The lowest BCUT2D eigenvalue weighted by molar-refractivity contribution is -0.388. The molecule has 172 valence electrons. The average molecular weight is 492 g/mol. The molecule has 13 heteroatoms. The summed E-state index contributed by atoms with van der Waals surface area (Å²) >= 11 is 6.50. The van der Waals surface area contributed by atoms with Crippen molar-refractivity contribution in [2.24, 2.45) is 0 Å². The van der Waals surface area contributed by atoms with Crippen LogP contribution in [0, 0.1) is 10.1 Å². The Labute approximate surface area is 189 Å². The van der Waals surface area contributed by atoms with Crippen molar-refractivity contribution in [2.45, 2.75) is 23.6 Å². The van der Waals surface area contributed by atoms with Crippen molar-refractivity contribution in [3.05, 3.63) is 58.1 Å². The highest BCUT2D eigenvalue weighted by atomic mass is 35.5. The summed E-state index contributed by atoms with van der Waals surface area (Å²) in [7, 11) is 0. The number of nitro groups is 1. The molecule has 2 amide bonds. The van der Waals surface area contributed by atoms with Crippen LogP contribution in [-0.4, -0.2) is 39.1 Å². The van der Waals surface area contributed by atoms with Crippen molar-refractivity contribution in [1.82, 2.24) is 0 Å². The zero-order valence-corrected chi connectivity index (χ0v) is 18.0. The molecule has 0 bridgehead atoms. The first-order chi connectivity index (χ1) is 14.8. The Morgan fingerprint density at radius 1 is 1.12 bits per heavy atom. The number of nitrogens with one attached hydrogen (secondary N) is 2. The maximum absolute atomic E-state index is 13.1. The molecule has 0 aliphatic rings. The number of anilines is 2. The highest BCUT2D eigenvalue weighted by Gasteiger charge is 2.39. The Morgan fingerprint density at radius 3 is 2.25 bits per heavy atom. The largest absolute Gasteiger partial charge is 0.423 e. The van der Waals surface area contributed by atoms with Crippen LogP contribution in [0.2, 0.25) is 0 Å². The molecule has 0 radical (unpaired) electrons. The van der Waals surface area contributed by atoms with E-state index >= 15 is 0 Å². The first kappa shape index (κ1) is 25.4. The van der Waals surface area contributed by atoms with Gasteiger partial charge in [-0.2, -0.15) is 13.2 Å². The van der Waals surface area contributed by atoms with Crippen LogP contribution in [0.4, 0.5) is 30.2 Å². The van der Waals surface area contributed by atoms with Gasteiger partial charge < -0.3 is 15.7 Å². The fraction of sp³-hybridized carbons (Fsp3) is 0.263. The van der Waals surface area contributed by atoms with E-state index in [1.54, 1.807) is 24.3 Å². The average Bonchev–Trinajstić information content (AvgIpc) is 2.72. The molecule has 1 atom stereocenters. The summed E-state index contributed by atoms with van der Waals surface area (Å²) in [6, 6.07) is 8.47. The van der Waals surface area contributed by atoms with E-state index in [0.29, 0.717) is 22.7 Å². The van der Waals surface area contributed by atoms with Gasteiger partial charge in [0.1, 0.15) is 17.0 Å². The van der Waals surface area contributed by atoms with Gasteiger partial charge in [0.25, 0.3) is 11.6 Å². The fourth-order valence-electron chi connectivity index (χ4n) is 2.38. The molecular weight excluding hydrogens is 475 g/mol. The number of hydrogen-bond acceptors (Lipinski definition) is 6. The third kappa shape index (κ3) is 6.84. The molecule has 0 fully saturated rings. The van der Waals surface area contributed by atoms with E-state index < -0.39 is 33.9 Å². The quantitative estimate of drug-likeness (QED) is 0.219. The zero-order valence-electron chi connectivity index (χ0n) is 16.4. The van der Waals surface area contributed by atoms with Crippen LogP contribution in [-0.2, 0) is 15.8 Å². The number of aliphatic hydroxyl groups is 1. The van der Waals surface area contributed by atoms with Gasteiger partial charge in [0, 0.05) is 28.1 Å². The number of rotatable bonds is 8. The first-order valence-electron chi connectivity index (χ1n) is 8.81. The molecule has 2 aromatic rings. The van der Waals surface area contributed by atoms with Crippen molar-refractivity contribution in [1.29, 1.82) is 0 Å². The standard InChI is InChI=1S/C19H17ClF3N3O5S/c1-18(29,10-32-13-5-2-11(3-6-13)24-16(27)9-20)17(28)25-12-4-7-15(26(30)31)14(8-12)19(21,22)23/h2-8,29H,9-10H2,1H3,(H,24,27)(H,25,28)/t18-/m1/s1. The molecule has 0 spiro atoms. The lowest BCUT2D eigenvalue weighted by Gasteiger charge is -2.22. The second kappa shape index (κ2) is 10.2. The van der Waals surface area contributed by atoms with Gasteiger partial charge in [-0.3, -0.25) is 19.7 Å². The van der Waals surface area contributed by atoms with Crippen LogP contribution in [0.25, 0.3) is 0 Å². The first-order valence-corrected chi connectivity index (χ1v) is 10.3. The highest BCUT2D eigenvalue weighted by Crippen LogP contribution is 2.37. The van der Waals surface area contributed by atoms with E-state index in [2.05, 4.69) is 10.6 Å². The van der Waals surface area contributed by atoms with Crippen LogP contribution in [0.3, 0.4) is 0 Å². The number of hydrogen-bond donors (Lipinski definition) is 3. The molecule has 0 saturated heterocycles. The molecule has 0 heterocycles. The summed E-state index contributed by atoms with van der Waals surface area (Å²) in [5.74, 6) is -1.72. The van der Waals surface area contributed by atoms with Crippen LogP contribution in [0.5, 0.6) is 0 Å². The number of carbonyl (C=O) groups excluding carboxylic acids is 2. The van der Waals surface area contributed by atoms with Gasteiger partial charge in [-0.25, -0.2) is 0 Å². The summed E-state index contributed by atoms with van der Waals surface area (Å²) in [4.78, 5) is 33.9. The van der Waals surface area contributed by atoms with Crippen molar-refractivity contribution in [2.75, 3.05) is 22.3 Å². The van der Waals surface area contributed by atoms with E-state index in [1.807, 2.05) is 0 Å². The Hall–Kier alpha value is -2.83. The van der Waals surface area contributed by atoms with Gasteiger partial charge in [0.2, 0.25) is 5.91 Å². The van der Waals surface area contributed by atoms with Crippen molar-refractivity contribution < 1.29 is 32.8 Å². The molecule has 8 nitrogen and oxygen atoms in total. The number of thioether (sulfide) groups is 1. The molecule has 3 N–H and O–H groups in total. The van der Waals surface area contributed by atoms with Gasteiger partial charge in [-0.1, -0.05) is 0 Å². The molecule has 0 aliphatic heterocycles. The summed E-state index contributed by atoms with van der Waals surface area (Å²) in [6.07, 6.45) is -5.00.